The van der Waals surface area contributed by atoms with Gasteiger partial charge in [0, 0.05) is 0 Å². The summed E-state index contributed by atoms with van der Waals surface area (Å²) in [5.41, 5.74) is 1.04. The largest absolute Gasteiger partial charge is 0.388 e. The standard InChI is InChI=1S/C15H22O/c1-2-3-4-5-6-10-13-15(16)14-11-8-7-9-12-14/h2,7-9,11-12,15-16H,1,3-6,10,13H2. The Morgan fingerprint density at radius 3 is 2.44 bits per heavy atom. The third-order valence-corrected chi connectivity index (χ3v) is 2.82. The van der Waals surface area contributed by atoms with Gasteiger partial charge in [0.15, 0.2) is 0 Å². The normalized spacial score (nSPS) is 12.3. The first-order valence-electron chi connectivity index (χ1n) is 6.18. The number of unbranched alkanes of at least 4 members (excludes halogenated alkanes) is 4. The van der Waals surface area contributed by atoms with Gasteiger partial charge in [-0.15, -0.1) is 6.58 Å². The molecule has 1 rings (SSSR count). The van der Waals surface area contributed by atoms with Crippen LogP contribution in [0, 0.1) is 0 Å². The van der Waals surface area contributed by atoms with E-state index in [1.165, 1.54) is 19.3 Å². The molecule has 1 atom stereocenters. The van der Waals surface area contributed by atoms with Crippen LogP contribution in [0.25, 0.3) is 0 Å². The Morgan fingerprint density at radius 2 is 1.75 bits per heavy atom. The molecule has 1 heteroatoms. The van der Waals surface area contributed by atoms with Crippen LogP contribution in [0.5, 0.6) is 0 Å². The molecule has 0 amide bonds. The predicted molar refractivity (Wildman–Crippen MR) is 69.3 cm³/mol. The van der Waals surface area contributed by atoms with Crippen molar-refractivity contribution in [1.29, 1.82) is 0 Å². The molecule has 0 heterocycles. The molecule has 0 saturated carbocycles. The summed E-state index contributed by atoms with van der Waals surface area (Å²) in [5, 5.41) is 9.91. The van der Waals surface area contributed by atoms with Gasteiger partial charge in [-0.05, 0) is 24.8 Å². The van der Waals surface area contributed by atoms with E-state index in [1.807, 2.05) is 36.4 Å². The number of allylic oxidation sites excluding steroid dienone is 1. The molecule has 0 spiro atoms. The lowest BCUT2D eigenvalue weighted by Crippen LogP contribution is -1.96. The van der Waals surface area contributed by atoms with Crippen LogP contribution in [0.3, 0.4) is 0 Å². The van der Waals surface area contributed by atoms with Crippen molar-refractivity contribution in [2.24, 2.45) is 0 Å². The molecule has 0 saturated heterocycles. The van der Waals surface area contributed by atoms with Crippen LogP contribution in [0.1, 0.15) is 50.2 Å². The van der Waals surface area contributed by atoms with Crippen LogP contribution in [0.4, 0.5) is 0 Å². The number of rotatable bonds is 8. The van der Waals surface area contributed by atoms with E-state index in [2.05, 4.69) is 6.58 Å². The van der Waals surface area contributed by atoms with Crippen molar-refractivity contribution in [2.75, 3.05) is 0 Å². The number of aliphatic hydroxyl groups is 1. The minimum atomic E-state index is -0.291. The second kappa shape index (κ2) is 8.12. The second-order valence-corrected chi connectivity index (χ2v) is 4.21. The van der Waals surface area contributed by atoms with Crippen molar-refractivity contribution in [3.05, 3.63) is 48.6 Å². The van der Waals surface area contributed by atoms with Gasteiger partial charge in [0.25, 0.3) is 0 Å². The maximum atomic E-state index is 9.91. The molecule has 0 radical (unpaired) electrons. The number of hydrogen-bond donors (Lipinski definition) is 1. The van der Waals surface area contributed by atoms with Crippen molar-refractivity contribution < 1.29 is 5.11 Å². The van der Waals surface area contributed by atoms with Gasteiger partial charge in [0.1, 0.15) is 0 Å². The van der Waals surface area contributed by atoms with Crippen LogP contribution in [0.15, 0.2) is 43.0 Å². The van der Waals surface area contributed by atoms with Crippen LogP contribution in [0.2, 0.25) is 0 Å². The van der Waals surface area contributed by atoms with Gasteiger partial charge < -0.3 is 5.11 Å². The molecule has 0 aliphatic heterocycles. The lowest BCUT2D eigenvalue weighted by Gasteiger charge is -2.10. The fourth-order valence-corrected chi connectivity index (χ4v) is 1.82. The maximum Gasteiger partial charge on any atom is 0.0790 e. The van der Waals surface area contributed by atoms with Gasteiger partial charge in [0.05, 0.1) is 6.10 Å². The molecule has 1 aromatic rings. The monoisotopic (exact) mass is 218 g/mol. The van der Waals surface area contributed by atoms with Crippen molar-refractivity contribution in [2.45, 2.75) is 44.6 Å². The Morgan fingerprint density at radius 1 is 1.06 bits per heavy atom. The van der Waals surface area contributed by atoms with Gasteiger partial charge >= 0.3 is 0 Å². The molecule has 0 fully saturated rings. The summed E-state index contributed by atoms with van der Waals surface area (Å²) in [7, 11) is 0. The lowest BCUT2D eigenvalue weighted by molar-refractivity contribution is 0.163. The van der Waals surface area contributed by atoms with E-state index in [0.717, 1.165) is 24.8 Å². The topological polar surface area (TPSA) is 20.2 Å². The Labute approximate surface area is 98.8 Å². The first-order chi connectivity index (χ1) is 7.84. The number of hydrogen-bond acceptors (Lipinski definition) is 1. The quantitative estimate of drug-likeness (QED) is 0.511. The van der Waals surface area contributed by atoms with Crippen LogP contribution < -0.4 is 0 Å². The zero-order valence-corrected chi connectivity index (χ0v) is 9.94. The molecule has 0 aliphatic rings. The van der Waals surface area contributed by atoms with Crippen molar-refractivity contribution >= 4 is 0 Å². The Hall–Kier alpha value is -1.08. The van der Waals surface area contributed by atoms with Crippen molar-refractivity contribution in [3.63, 3.8) is 0 Å². The molecule has 1 nitrogen and oxygen atoms in total. The first kappa shape index (κ1) is 13.0. The van der Waals surface area contributed by atoms with Gasteiger partial charge in [-0.25, -0.2) is 0 Å². The average Bonchev–Trinajstić information content (AvgIpc) is 2.34. The highest BCUT2D eigenvalue weighted by molar-refractivity contribution is 5.16. The summed E-state index contributed by atoms with van der Waals surface area (Å²) in [6, 6.07) is 9.90. The van der Waals surface area contributed by atoms with E-state index >= 15 is 0 Å². The van der Waals surface area contributed by atoms with E-state index < -0.39 is 0 Å². The summed E-state index contributed by atoms with van der Waals surface area (Å²) < 4.78 is 0. The second-order valence-electron chi connectivity index (χ2n) is 4.21. The third-order valence-electron chi connectivity index (χ3n) is 2.82. The molecule has 1 N–H and O–H groups in total. The molecule has 0 aromatic heterocycles. The molecule has 1 aromatic carbocycles. The fourth-order valence-electron chi connectivity index (χ4n) is 1.82. The highest BCUT2D eigenvalue weighted by atomic mass is 16.3. The fraction of sp³-hybridized carbons (Fsp3) is 0.467. The Kier molecular flexibility index (Phi) is 6.59. The molecule has 1 unspecified atom stereocenters. The van der Waals surface area contributed by atoms with E-state index in [1.54, 1.807) is 0 Å². The zero-order valence-electron chi connectivity index (χ0n) is 9.94. The first-order valence-corrected chi connectivity index (χ1v) is 6.18. The number of aliphatic hydroxyl groups excluding tert-OH is 1. The van der Waals surface area contributed by atoms with Crippen molar-refractivity contribution in [1.82, 2.24) is 0 Å². The summed E-state index contributed by atoms with van der Waals surface area (Å²) in [6.45, 7) is 3.71. The van der Waals surface area contributed by atoms with Crippen molar-refractivity contribution in [3.8, 4) is 0 Å². The minimum absolute atomic E-state index is 0.291. The third kappa shape index (κ3) is 5.13. The molecular formula is C15H22O. The number of benzene rings is 1. The SMILES string of the molecule is C=CCCCCCCC(O)c1ccccc1. The Balaban J connectivity index is 2.11. The summed E-state index contributed by atoms with van der Waals surface area (Å²) in [4.78, 5) is 0. The van der Waals surface area contributed by atoms with Gasteiger partial charge in [0.2, 0.25) is 0 Å². The van der Waals surface area contributed by atoms with Gasteiger partial charge in [-0.2, -0.15) is 0 Å². The van der Waals surface area contributed by atoms with E-state index in [-0.39, 0.29) is 6.10 Å². The van der Waals surface area contributed by atoms with Gasteiger partial charge in [-0.1, -0.05) is 55.7 Å². The molecule has 16 heavy (non-hydrogen) atoms. The summed E-state index contributed by atoms with van der Waals surface area (Å²) in [6.07, 6.45) is 8.45. The highest BCUT2D eigenvalue weighted by Gasteiger charge is 2.05. The minimum Gasteiger partial charge on any atom is -0.388 e. The maximum absolute atomic E-state index is 9.91. The zero-order chi connectivity index (χ0) is 11.6. The van der Waals surface area contributed by atoms with Crippen LogP contribution >= 0.6 is 0 Å². The Bertz CT molecular complexity index is 279. The lowest BCUT2D eigenvalue weighted by atomic mass is 10.0. The molecule has 0 aliphatic carbocycles. The highest BCUT2D eigenvalue weighted by Crippen LogP contribution is 2.19. The average molecular weight is 218 g/mol. The van der Waals surface area contributed by atoms with Crippen LogP contribution in [-0.2, 0) is 0 Å². The van der Waals surface area contributed by atoms with Gasteiger partial charge in [-0.3, -0.25) is 0 Å². The van der Waals surface area contributed by atoms with E-state index in [9.17, 15) is 5.11 Å². The summed E-state index contributed by atoms with van der Waals surface area (Å²) >= 11 is 0. The van der Waals surface area contributed by atoms with E-state index in [4.69, 9.17) is 0 Å². The van der Waals surface area contributed by atoms with E-state index in [0.29, 0.717) is 0 Å². The molecule has 88 valence electrons. The predicted octanol–water partition coefficient (Wildman–Crippen LogP) is 4.25. The smallest absolute Gasteiger partial charge is 0.0790 e. The summed E-state index contributed by atoms with van der Waals surface area (Å²) in [5.74, 6) is 0. The van der Waals surface area contributed by atoms with Crippen LogP contribution in [-0.4, -0.2) is 5.11 Å². The molecule has 0 bridgehead atoms. The molecular weight excluding hydrogens is 196 g/mol.